The van der Waals surface area contributed by atoms with Crippen molar-refractivity contribution in [3.05, 3.63) is 29.8 Å². The quantitative estimate of drug-likeness (QED) is 0.0544. The van der Waals surface area contributed by atoms with Crippen molar-refractivity contribution in [3.63, 3.8) is 0 Å². The molecule has 1 aromatic carbocycles. The Bertz CT molecular complexity index is 713. The van der Waals surface area contributed by atoms with E-state index in [1.165, 1.54) is 122 Å². The maximum atomic E-state index is 12.1. The van der Waals surface area contributed by atoms with Gasteiger partial charge in [0.1, 0.15) is 11.5 Å². The Kier molecular flexibility index (Phi) is 25.5. The standard InChI is InChI=1S/C37H64O4/c1-4-7-10-12-14-16-18-20-22-24-29-39-35-31-34(26-27-37(38)41-28-9-6-3)32-36(33-35)40-30-25-23-21-19-17-15-13-11-8-5-2/h26-27,31-33H,4-25,28-30H2,1-3H3. The van der Waals surface area contributed by atoms with Gasteiger partial charge in [0.25, 0.3) is 0 Å². The first kappa shape index (κ1) is 37.1. The van der Waals surface area contributed by atoms with Gasteiger partial charge in [-0.1, -0.05) is 143 Å². The summed E-state index contributed by atoms with van der Waals surface area (Å²) < 4.78 is 17.5. The summed E-state index contributed by atoms with van der Waals surface area (Å²) in [4.78, 5) is 12.1. The maximum absolute atomic E-state index is 12.1. The molecule has 0 atom stereocenters. The number of hydrogen-bond donors (Lipinski definition) is 0. The van der Waals surface area contributed by atoms with Crippen molar-refractivity contribution in [2.24, 2.45) is 0 Å². The van der Waals surface area contributed by atoms with Crippen LogP contribution in [0.1, 0.15) is 168 Å². The highest BCUT2D eigenvalue weighted by molar-refractivity contribution is 5.87. The summed E-state index contributed by atoms with van der Waals surface area (Å²) in [7, 11) is 0. The monoisotopic (exact) mass is 572 g/mol. The fourth-order valence-corrected chi connectivity index (χ4v) is 4.95. The molecule has 0 aromatic heterocycles. The fourth-order valence-electron chi connectivity index (χ4n) is 4.95. The van der Waals surface area contributed by atoms with Crippen LogP contribution in [0.25, 0.3) is 6.08 Å². The number of esters is 1. The largest absolute Gasteiger partial charge is 0.493 e. The average molecular weight is 573 g/mol. The lowest BCUT2D eigenvalue weighted by molar-refractivity contribution is -0.137. The van der Waals surface area contributed by atoms with E-state index in [0.717, 1.165) is 42.7 Å². The average Bonchev–Trinajstić information content (AvgIpc) is 2.97. The Labute approximate surface area is 254 Å². The van der Waals surface area contributed by atoms with E-state index >= 15 is 0 Å². The van der Waals surface area contributed by atoms with Gasteiger partial charge in [-0.25, -0.2) is 4.79 Å². The molecule has 0 saturated carbocycles. The number of hydrogen-bond acceptors (Lipinski definition) is 4. The molecular weight excluding hydrogens is 508 g/mol. The smallest absolute Gasteiger partial charge is 0.330 e. The lowest BCUT2D eigenvalue weighted by Crippen LogP contribution is -2.02. The summed E-state index contributed by atoms with van der Waals surface area (Å²) in [6.45, 7) is 8.51. The molecule has 4 heteroatoms. The van der Waals surface area contributed by atoms with E-state index in [-0.39, 0.29) is 5.97 Å². The van der Waals surface area contributed by atoms with Crippen LogP contribution in [0.4, 0.5) is 0 Å². The van der Waals surface area contributed by atoms with Crippen LogP contribution in [0.15, 0.2) is 24.3 Å². The highest BCUT2D eigenvalue weighted by atomic mass is 16.5. The molecule has 0 fully saturated rings. The summed E-state index contributed by atoms with van der Waals surface area (Å²) in [5, 5.41) is 0. The minimum absolute atomic E-state index is 0.303. The molecule has 0 saturated heterocycles. The van der Waals surface area contributed by atoms with Gasteiger partial charge in [0.05, 0.1) is 19.8 Å². The highest BCUT2D eigenvalue weighted by Crippen LogP contribution is 2.25. The van der Waals surface area contributed by atoms with Crippen LogP contribution < -0.4 is 9.47 Å². The Morgan fingerprint density at radius 2 is 0.902 bits per heavy atom. The van der Waals surface area contributed by atoms with E-state index in [2.05, 4.69) is 20.8 Å². The van der Waals surface area contributed by atoms with Crippen molar-refractivity contribution < 1.29 is 19.0 Å². The molecule has 0 bridgehead atoms. The third kappa shape index (κ3) is 23.3. The lowest BCUT2D eigenvalue weighted by atomic mass is 10.1. The van der Waals surface area contributed by atoms with E-state index in [9.17, 15) is 4.79 Å². The second-order valence-electron chi connectivity index (χ2n) is 11.7. The molecule has 0 aliphatic carbocycles. The van der Waals surface area contributed by atoms with E-state index < -0.39 is 0 Å². The first-order valence-corrected chi connectivity index (χ1v) is 17.4. The van der Waals surface area contributed by atoms with Crippen molar-refractivity contribution in [3.8, 4) is 11.5 Å². The molecule has 0 aliphatic rings. The van der Waals surface area contributed by atoms with E-state index in [1.54, 1.807) is 6.08 Å². The van der Waals surface area contributed by atoms with Crippen molar-refractivity contribution >= 4 is 12.0 Å². The summed E-state index contributed by atoms with van der Waals surface area (Å²) in [6, 6.07) is 5.96. The molecule has 0 heterocycles. The van der Waals surface area contributed by atoms with Gasteiger partial charge in [0.2, 0.25) is 0 Å². The minimum Gasteiger partial charge on any atom is -0.493 e. The molecule has 0 N–H and O–H groups in total. The maximum Gasteiger partial charge on any atom is 0.330 e. The minimum atomic E-state index is -0.303. The summed E-state index contributed by atoms with van der Waals surface area (Å²) in [6.07, 6.45) is 31.4. The first-order chi connectivity index (χ1) is 20.2. The SMILES string of the molecule is CCCCCCCCCCCCOc1cc(C=CC(=O)OCCCC)cc(OCCCCCCCCCCCC)c1. The van der Waals surface area contributed by atoms with E-state index in [1.807, 2.05) is 18.2 Å². The number of carbonyl (C=O) groups excluding carboxylic acids is 1. The number of benzene rings is 1. The third-order valence-corrected chi connectivity index (χ3v) is 7.59. The molecule has 4 nitrogen and oxygen atoms in total. The molecule has 0 spiro atoms. The summed E-state index contributed by atoms with van der Waals surface area (Å²) in [5.74, 6) is 1.31. The van der Waals surface area contributed by atoms with Crippen LogP contribution in [0.2, 0.25) is 0 Å². The zero-order chi connectivity index (χ0) is 29.6. The van der Waals surface area contributed by atoms with Crippen molar-refractivity contribution in [1.29, 1.82) is 0 Å². The molecule has 1 aromatic rings. The van der Waals surface area contributed by atoms with Crippen LogP contribution in [0.5, 0.6) is 11.5 Å². The third-order valence-electron chi connectivity index (χ3n) is 7.59. The van der Waals surface area contributed by atoms with Crippen LogP contribution >= 0.6 is 0 Å². The first-order valence-electron chi connectivity index (χ1n) is 17.4. The van der Waals surface area contributed by atoms with Crippen LogP contribution in [0, 0.1) is 0 Å². The van der Waals surface area contributed by atoms with Gasteiger partial charge in [-0.3, -0.25) is 0 Å². The molecular formula is C37H64O4. The Morgan fingerprint density at radius 1 is 0.512 bits per heavy atom. The molecule has 0 radical (unpaired) electrons. The zero-order valence-electron chi connectivity index (χ0n) is 27.2. The van der Waals surface area contributed by atoms with Crippen molar-refractivity contribution in [1.82, 2.24) is 0 Å². The second-order valence-corrected chi connectivity index (χ2v) is 11.7. The van der Waals surface area contributed by atoms with Gasteiger partial charge in [-0.15, -0.1) is 0 Å². The van der Waals surface area contributed by atoms with Crippen LogP contribution in [-0.4, -0.2) is 25.8 Å². The topological polar surface area (TPSA) is 44.8 Å². The number of rotatable bonds is 29. The number of carbonyl (C=O) groups is 1. The number of unbranched alkanes of at least 4 members (excludes halogenated alkanes) is 19. The number of ether oxygens (including phenoxy) is 3. The van der Waals surface area contributed by atoms with Gasteiger partial charge in [0, 0.05) is 12.1 Å². The zero-order valence-corrected chi connectivity index (χ0v) is 27.2. The molecule has 0 unspecified atom stereocenters. The van der Waals surface area contributed by atoms with Gasteiger partial charge >= 0.3 is 5.97 Å². The highest BCUT2D eigenvalue weighted by Gasteiger charge is 2.05. The molecule has 236 valence electrons. The summed E-state index contributed by atoms with van der Waals surface area (Å²) >= 11 is 0. The summed E-state index contributed by atoms with van der Waals surface area (Å²) in [5.41, 5.74) is 0.899. The Balaban J connectivity index is 2.43. The Morgan fingerprint density at radius 3 is 1.32 bits per heavy atom. The van der Waals surface area contributed by atoms with Crippen LogP contribution in [-0.2, 0) is 9.53 Å². The second kappa shape index (κ2) is 28.2. The molecule has 1 rings (SSSR count). The van der Waals surface area contributed by atoms with Crippen LogP contribution in [0.3, 0.4) is 0 Å². The molecule has 0 amide bonds. The van der Waals surface area contributed by atoms with E-state index in [0.29, 0.717) is 19.8 Å². The molecule has 0 aliphatic heterocycles. The molecule has 41 heavy (non-hydrogen) atoms. The van der Waals surface area contributed by atoms with Gasteiger partial charge < -0.3 is 14.2 Å². The van der Waals surface area contributed by atoms with Crippen molar-refractivity contribution in [2.75, 3.05) is 19.8 Å². The van der Waals surface area contributed by atoms with Gasteiger partial charge in [0.15, 0.2) is 0 Å². The van der Waals surface area contributed by atoms with E-state index in [4.69, 9.17) is 14.2 Å². The van der Waals surface area contributed by atoms with Gasteiger partial charge in [-0.05, 0) is 43.0 Å². The lowest BCUT2D eigenvalue weighted by Gasteiger charge is -2.12. The van der Waals surface area contributed by atoms with Crippen molar-refractivity contribution in [2.45, 2.75) is 162 Å². The fraction of sp³-hybridized carbons (Fsp3) is 0.757. The predicted molar refractivity (Wildman–Crippen MR) is 176 cm³/mol. The predicted octanol–water partition coefficient (Wildman–Crippen LogP) is 11.6. The normalized spacial score (nSPS) is 11.3. The Hall–Kier alpha value is -1.97. The van der Waals surface area contributed by atoms with Gasteiger partial charge in [-0.2, -0.15) is 0 Å².